The molecule has 0 amide bonds. The van der Waals surface area contributed by atoms with Crippen molar-refractivity contribution in [1.82, 2.24) is 14.9 Å². The van der Waals surface area contributed by atoms with Gasteiger partial charge >= 0.3 is 0 Å². The highest BCUT2D eigenvalue weighted by atomic mass is 19.1. The number of benzene rings is 2. The third-order valence-electron chi connectivity index (χ3n) is 6.63. The molecule has 2 heterocycles. The van der Waals surface area contributed by atoms with Gasteiger partial charge in [-0.15, -0.1) is 0 Å². The predicted molar refractivity (Wildman–Crippen MR) is 126 cm³/mol. The molecule has 0 bridgehead atoms. The third kappa shape index (κ3) is 3.49. The first kappa shape index (κ1) is 20.5. The van der Waals surface area contributed by atoms with Gasteiger partial charge in [0.2, 0.25) is 0 Å². The molecule has 164 valence electrons. The third-order valence-corrected chi connectivity index (χ3v) is 6.63. The molecule has 4 N–H and O–H groups in total. The number of H-pyrrole nitrogens is 1. The van der Waals surface area contributed by atoms with Crippen LogP contribution in [0.3, 0.4) is 0 Å². The van der Waals surface area contributed by atoms with Crippen LogP contribution < -0.4 is 5.73 Å². The van der Waals surface area contributed by atoms with Crippen LogP contribution in [0.5, 0.6) is 0 Å². The summed E-state index contributed by atoms with van der Waals surface area (Å²) < 4.78 is 13.9. The van der Waals surface area contributed by atoms with Gasteiger partial charge in [0.15, 0.2) is 5.82 Å². The van der Waals surface area contributed by atoms with Gasteiger partial charge in [-0.3, -0.25) is 5.41 Å². The molecule has 1 aliphatic carbocycles. The summed E-state index contributed by atoms with van der Waals surface area (Å²) in [6.07, 6.45) is 3.27. The molecule has 6 heteroatoms. The van der Waals surface area contributed by atoms with Crippen molar-refractivity contribution in [3.8, 4) is 11.1 Å². The highest BCUT2D eigenvalue weighted by molar-refractivity contribution is 6.13. The van der Waals surface area contributed by atoms with E-state index >= 15 is 0 Å². The minimum atomic E-state index is -0.270. The molecule has 0 spiro atoms. The molecule has 0 atom stereocenters. The Labute approximate surface area is 187 Å². The first-order valence-electron chi connectivity index (χ1n) is 11.2. The Balaban J connectivity index is 1.43. The summed E-state index contributed by atoms with van der Waals surface area (Å²) in [5, 5.41) is 8.80. The van der Waals surface area contributed by atoms with Gasteiger partial charge in [-0.1, -0.05) is 25.6 Å². The summed E-state index contributed by atoms with van der Waals surface area (Å²) in [6, 6.07) is 8.67. The Morgan fingerprint density at radius 1 is 1.28 bits per heavy atom. The Morgan fingerprint density at radius 3 is 2.72 bits per heavy atom. The number of aryl methyl sites for hydroxylation is 2. The quantitative estimate of drug-likeness (QED) is 0.366. The van der Waals surface area contributed by atoms with E-state index in [1.54, 1.807) is 6.07 Å². The molecule has 1 saturated carbocycles. The highest BCUT2D eigenvalue weighted by Crippen LogP contribution is 2.40. The summed E-state index contributed by atoms with van der Waals surface area (Å²) in [6.45, 7) is 9.73. The summed E-state index contributed by atoms with van der Waals surface area (Å²) in [7, 11) is 0. The van der Waals surface area contributed by atoms with Crippen molar-refractivity contribution in [2.75, 3.05) is 5.73 Å². The number of rotatable bonds is 6. The standard InChI is InChI=1S/C26H28FN5/c1-4-16-7-8-19(27)11-20(16)18-9-14(2)24(21(28)10-18)25(29)26-30-22-12-32(13-23(22)31-26)15(3)17-5-6-17/h7-11,17,29H,3-6,12-13,28H2,1-2H3,(H,30,31). The Kier molecular flexibility index (Phi) is 4.88. The van der Waals surface area contributed by atoms with E-state index in [1.807, 2.05) is 32.0 Å². The zero-order valence-electron chi connectivity index (χ0n) is 18.6. The minimum absolute atomic E-state index is 0.270. The second kappa shape index (κ2) is 7.62. The number of halogens is 1. The Hall–Kier alpha value is -3.41. The second-order valence-corrected chi connectivity index (χ2v) is 8.92. The fourth-order valence-electron chi connectivity index (χ4n) is 4.69. The molecule has 5 rings (SSSR count). The van der Waals surface area contributed by atoms with Gasteiger partial charge in [0.25, 0.3) is 0 Å². The molecule has 0 saturated heterocycles. The lowest BCUT2D eigenvalue weighted by atomic mass is 9.92. The van der Waals surface area contributed by atoms with Crippen LogP contribution in [0.4, 0.5) is 10.1 Å². The van der Waals surface area contributed by atoms with Crippen LogP contribution in [0.25, 0.3) is 11.1 Å². The largest absolute Gasteiger partial charge is 0.398 e. The molecule has 1 aromatic heterocycles. The molecule has 32 heavy (non-hydrogen) atoms. The monoisotopic (exact) mass is 429 g/mol. The van der Waals surface area contributed by atoms with Crippen molar-refractivity contribution in [3.63, 3.8) is 0 Å². The van der Waals surface area contributed by atoms with Crippen LogP contribution in [-0.4, -0.2) is 20.6 Å². The molecule has 3 aromatic rings. The lowest BCUT2D eigenvalue weighted by Gasteiger charge is -2.20. The molecule has 1 fully saturated rings. The number of aromatic amines is 1. The first-order chi connectivity index (χ1) is 15.4. The average molecular weight is 430 g/mol. The van der Waals surface area contributed by atoms with E-state index in [2.05, 4.69) is 16.5 Å². The lowest BCUT2D eigenvalue weighted by Crippen LogP contribution is -2.18. The molecule has 5 nitrogen and oxygen atoms in total. The summed E-state index contributed by atoms with van der Waals surface area (Å²) in [4.78, 5) is 10.3. The van der Waals surface area contributed by atoms with Crippen LogP contribution >= 0.6 is 0 Å². The van der Waals surface area contributed by atoms with Crippen LogP contribution in [0, 0.1) is 24.1 Å². The zero-order chi connectivity index (χ0) is 22.6. The van der Waals surface area contributed by atoms with Crippen molar-refractivity contribution >= 4 is 11.4 Å². The van der Waals surface area contributed by atoms with Crippen LogP contribution in [-0.2, 0) is 19.5 Å². The number of nitrogens with two attached hydrogens (primary N) is 1. The number of nitrogens with one attached hydrogen (secondary N) is 2. The Bertz CT molecular complexity index is 1200. The van der Waals surface area contributed by atoms with Gasteiger partial charge < -0.3 is 15.6 Å². The van der Waals surface area contributed by atoms with E-state index in [1.165, 1.54) is 24.6 Å². The van der Waals surface area contributed by atoms with Crippen molar-refractivity contribution in [3.05, 3.63) is 82.3 Å². The topological polar surface area (TPSA) is 81.8 Å². The number of nitrogen functional groups attached to an aromatic ring is 1. The van der Waals surface area contributed by atoms with E-state index in [4.69, 9.17) is 16.1 Å². The second-order valence-electron chi connectivity index (χ2n) is 8.92. The van der Waals surface area contributed by atoms with E-state index in [-0.39, 0.29) is 11.5 Å². The number of anilines is 1. The number of allylic oxidation sites excluding steroid dienone is 1. The fourth-order valence-corrected chi connectivity index (χ4v) is 4.69. The highest BCUT2D eigenvalue weighted by Gasteiger charge is 2.33. The molecule has 0 unspecified atom stereocenters. The smallest absolute Gasteiger partial charge is 0.156 e. The van der Waals surface area contributed by atoms with Gasteiger partial charge in [-0.05, 0) is 72.6 Å². The van der Waals surface area contributed by atoms with Gasteiger partial charge in [0.1, 0.15) is 11.5 Å². The maximum Gasteiger partial charge on any atom is 0.156 e. The van der Waals surface area contributed by atoms with Crippen molar-refractivity contribution in [1.29, 1.82) is 5.41 Å². The van der Waals surface area contributed by atoms with Crippen molar-refractivity contribution in [2.24, 2.45) is 5.92 Å². The number of hydrogen-bond acceptors (Lipinski definition) is 4. The van der Waals surface area contributed by atoms with Gasteiger partial charge in [0, 0.05) is 16.9 Å². The van der Waals surface area contributed by atoms with Gasteiger partial charge in [-0.2, -0.15) is 0 Å². The van der Waals surface area contributed by atoms with Crippen molar-refractivity contribution in [2.45, 2.75) is 46.2 Å². The molecule has 2 aliphatic rings. The van der Waals surface area contributed by atoms with E-state index < -0.39 is 0 Å². The number of fused-ring (bicyclic) bond motifs is 1. The van der Waals surface area contributed by atoms with E-state index in [0.29, 0.717) is 23.0 Å². The zero-order valence-corrected chi connectivity index (χ0v) is 18.6. The maximum absolute atomic E-state index is 13.9. The van der Waals surface area contributed by atoms with Crippen LogP contribution in [0.1, 0.15) is 53.7 Å². The lowest BCUT2D eigenvalue weighted by molar-refractivity contribution is 0.339. The first-order valence-corrected chi connectivity index (χ1v) is 11.2. The van der Waals surface area contributed by atoms with E-state index in [9.17, 15) is 4.39 Å². The molecule has 1 aliphatic heterocycles. The van der Waals surface area contributed by atoms with Crippen LogP contribution in [0.2, 0.25) is 0 Å². The summed E-state index contributed by atoms with van der Waals surface area (Å²) in [5.41, 5.74) is 14.7. The van der Waals surface area contributed by atoms with Crippen LogP contribution in [0.15, 0.2) is 42.6 Å². The molecule has 0 radical (unpaired) electrons. The number of imidazole rings is 1. The number of nitrogens with zero attached hydrogens (tertiary/aromatic N) is 2. The average Bonchev–Trinajstić information content (AvgIpc) is 3.41. The van der Waals surface area contributed by atoms with Gasteiger partial charge in [-0.25, -0.2) is 9.37 Å². The van der Waals surface area contributed by atoms with Crippen molar-refractivity contribution < 1.29 is 4.39 Å². The molecule has 2 aromatic carbocycles. The number of hydrogen-bond donors (Lipinski definition) is 3. The van der Waals surface area contributed by atoms with E-state index in [0.717, 1.165) is 53.2 Å². The number of aromatic nitrogens is 2. The maximum atomic E-state index is 13.9. The SMILES string of the molecule is C=C(C1CC1)N1Cc2nc(C(=N)c3c(C)cc(-c4cc(F)ccc4CC)cc3N)[nH]c2C1. The van der Waals surface area contributed by atoms with Gasteiger partial charge in [0.05, 0.1) is 24.5 Å². The normalized spacial score (nSPS) is 15.2. The Morgan fingerprint density at radius 2 is 2.06 bits per heavy atom. The predicted octanol–water partition coefficient (Wildman–Crippen LogP) is 5.32. The minimum Gasteiger partial charge on any atom is -0.398 e. The fraction of sp³-hybridized carbons (Fsp3) is 0.308. The molecular weight excluding hydrogens is 401 g/mol. The summed E-state index contributed by atoms with van der Waals surface area (Å²) in [5.74, 6) is 0.895. The summed E-state index contributed by atoms with van der Waals surface area (Å²) >= 11 is 0. The molecular formula is C26H28FN5.